The molecule has 0 bridgehead atoms. The first-order chi connectivity index (χ1) is 5.66. The molecule has 0 aliphatic heterocycles. The van der Waals surface area contributed by atoms with Crippen LogP contribution in [0.4, 0.5) is 0 Å². The lowest BCUT2D eigenvalue weighted by molar-refractivity contribution is 0.561. The van der Waals surface area contributed by atoms with E-state index in [1.54, 1.807) is 0 Å². The summed E-state index contributed by atoms with van der Waals surface area (Å²) in [7, 11) is 0. The second-order valence-corrected chi connectivity index (χ2v) is 3.33. The van der Waals surface area contributed by atoms with Gasteiger partial charge >= 0.3 is 0 Å². The van der Waals surface area contributed by atoms with E-state index in [1.807, 2.05) is 6.92 Å². The highest BCUT2D eigenvalue weighted by atomic mass is 15.1. The third-order valence-corrected chi connectivity index (χ3v) is 1.58. The summed E-state index contributed by atoms with van der Waals surface area (Å²) in [6.07, 6.45) is 2.35. The molecular formula is C9H21N3. The molecule has 0 aliphatic rings. The molecule has 0 aromatic carbocycles. The van der Waals surface area contributed by atoms with E-state index in [9.17, 15) is 0 Å². The zero-order chi connectivity index (χ0) is 9.40. The molecule has 0 aliphatic carbocycles. The molecule has 0 unspecified atom stereocenters. The third-order valence-electron chi connectivity index (χ3n) is 1.58. The van der Waals surface area contributed by atoms with Crippen molar-refractivity contribution < 1.29 is 0 Å². The summed E-state index contributed by atoms with van der Waals surface area (Å²) in [4.78, 5) is 4.17. The van der Waals surface area contributed by atoms with Crippen LogP contribution in [0.5, 0.6) is 0 Å². The Morgan fingerprint density at radius 2 is 2.17 bits per heavy atom. The molecule has 0 saturated carbocycles. The van der Waals surface area contributed by atoms with Gasteiger partial charge in [-0.3, -0.25) is 4.99 Å². The van der Waals surface area contributed by atoms with Crippen molar-refractivity contribution in [2.75, 3.05) is 13.1 Å². The highest BCUT2D eigenvalue weighted by Gasteiger charge is 1.92. The molecule has 0 amide bonds. The quantitative estimate of drug-likeness (QED) is 0.372. The maximum Gasteiger partial charge on any atom is 0.188 e. The van der Waals surface area contributed by atoms with E-state index in [0.29, 0.717) is 5.96 Å². The summed E-state index contributed by atoms with van der Waals surface area (Å²) in [6.45, 7) is 8.14. The van der Waals surface area contributed by atoms with Crippen molar-refractivity contribution in [3.63, 3.8) is 0 Å². The van der Waals surface area contributed by atoms with Gasteiger partial charge in [0.1, 0.15) is 0 Å². The topological polar surface area (TPSA) is 50.4 Å². The van der Waals surface area contributed by atoms with Gasteiger partial charge in [-0.1, -0.05) is 13.8 Å². The summed E-state index contributed by atoms with van der Waals surface area (Å²) in [6, 6.07) is 0. The number of guanidine groups is 1. The normalized spacial score (nSPS) is 12.2. The molecule has 0 aromatic rings. The maximum atomic E-state index is 5.54. The minimum atomic E-state index is 0.571. The number of rotatable bonds is 5. The summed E-state index contributed by atoms with van der Waals surface area (Å²) >= 11 is 0. The molecule has 0 fully saturated rings. The van der Waals surface area contributed by atoms with Gasteiger partial charge in [0.25, 0.3) is 0 Å². The van der Waals surface area contributed by atoms with Gasteiger partial charge in [-0.15, -0.1) is 0 Å². The number of hydrogen-bond acceptors (Lipinski definition) is 1. The van der Waals surface area contributed by atoms with Gasteiger partial charge < -0.3 is 11.1 Å². The van der Waals surface area contributed by atoms with Crippen molar-refractivity contribution in [3.05, 3.63) is 0 Å². The Bertz CT molecular complexity index is 130. The standard InChI is InChI=1S/C9H21N3/c1-4-11-9(10)12-7-5-6-8(2)3/h8H,4-7H2,1-3H3,(H3,10,11,12). The molecule has 3 N–H and O–H groups in total. The predicted molar refractivity (Wildman–Crippen MR) is 54.2 cm³/mol. The fraction of sp³-hybridized carbons (Fsp3) is 0.889. The number of aliphatic imine (C=N–C) groups is 1. The van der Waals surface area contributed by atoms with Crippen LogP contribution in [0.2, 0.25) is 0 Å². The molecule has 0 saturated heterocycles. The Morgan fingerprint density at radius 3 is 2.67 bits per heavy atom. The molecule has 12 heavy (non-hydrogen) atoms. The van der Waals surface area contributed by atoms with E-state index in [2.05, 4.69) is 24.2 Å². The van der Waals surface area contributed by atoms with Gasteiger partial charge in [-0.05, 0) is 25.7 Å². The van der Waals surface area contributed by atoms with Crippen molar-refractivity contribution in [2.45, 2.75) is 33.6 Å². The largest absolute Gasteiger partial charge is 0.370 e. The van der Waals surface area contributed by atoms with Gasteiger partial charge in [0.2, 0.25) is 0 Å². The van der Waals surface area contributed by atoms with Gasteiger partial charge in [0.05, 0.1) is 0 Å². The van der Waals surface area contributed by atoms with Crippen molar-refractivity contribution in [2.24, 2.45) is 16.6 Å². The highest BCUT2D eigenvalue weighted by molar-refractivity contribution is 5.77. The van der Waals surface area contributed by atoms with Crippen LogP contribution in [-0.2, 0) is 0 Å². The first-order valence-corrected chi connectivity index (χ1v) is 4.70. The summed E-state index contributed by atoms with van der Waals surface area (Å²) in [5, 5.41) is 2.96. The lowest BCUT2D eigenvalue weighted by Gasteiger charge is -2.03. The van der Waals surface area contributed by atoms with E-state index in [1.165, 1.54) is 6.42 Å². The van der Waals surface area contributed by atoms with Gasteiger partial charge in [0, 0.05) is 13.1 Å². The van der Waals surface area contributed by atoms with Crippen molar-refractivity contribution in [1.82, 2.24) is 5.32 Å². The van der Waals surface area contributed by atoms with Crippen LogP contribution in [0.15, 0.2) is 4.99 Å². The molecular weight excluding hydrogens is 150 g/mol. The number of nitrogens with zero attached hydrogens (tertiary/aromatic N) is 1. The molecule has 0 spiro atoms. The van der Waals surface area contributed by atoms with Crippen LogP contribution in [0.3, 0.4) is 0 Å². The first kappa shape index (κ1) is 11.3. The average Bonchev–Trinajstić information content (AvgIpc) is 1.98. The van der Waals surface area contributed by atoms with E-state index in [4.69, 9.17) is 5.73 Å². The zero-order valence-corrected chi connectivity index (χ0v) is 8.43. The SMILES string of the molecule is CCNC(N)=NCCCC(C)C. The minimum absolute atomic E-state index is 0.571. The molecule has 72 valence electrons. The van der Waals surface area contributed by atoms with Crippen LogP contribution >= 0.6 is 0 Å². The lowest BCUT2D eigenvalue weighted by atomic mass is 10.1. The van der Waals surface area contributed by atoms with Crippen molar-refractivity contribution >= 4 is 5.96 Å². The van der Waals surface area contributed by atoms with Crippen LogP contribution in [-0.4, -0.2) is 19.0 Å². The number of nitrogens with two attached hydrogens (primary N) is 1. The Morgan fingerprint density at radius 1 is 1.50 bits per heavy atom. The van der Waals surface area contributed by atoms with Crippen LogP contribution in [0.1, 0.15) is 33.6 Å². The van der Waals surface area contributed by atoms with Crippen LogP contribution in [0, 0.1) is 5.92 Å². The lowest BCUT2D eigenvalue weighted by Crippen LogP contribution is -2.31. The van der Waals surface area contributed by atoms with E-state index >= 15 is 0 Å². The molecule has 0 heterocycles. The monoisotopic (exact) mass is 171 g/mol. The Kier molecular flexibility index (Phi) is 6.53. The average molecular weight is 171 g/mol. The highest BCUT2D eigenvalue weighted by Crippen LogP contribution is 2.02. The molecule has 0 atom stereocenters. The summed E-state index contributed by atoms with van der Waals surface area (Å²) < 4.78 is 0. The fourth-order valence-electron chi connectivity index (χ4n) is 0.936. The van der Waals surface area contributed by atoms with E-state index in [-0.39, 0.29) is 0 Å². The Hall–Kier alpha value is -0.730. The summed E-state index contributed by atoms with van der Waals surface area (Å²) in [5.41, 5.74) is 5.54. The van der Waals surface area contributed by atoms with E-state index in [0.717, 1.165) is 25.4 Å². The Labute approximate surface area is 75.4 Å². The van der Waals surface area contributed by atoms with Crippen LogP contribution < -0.4 is 11.1 Å². The molecule has 3 heteroatoms. The second-order valence-electron chi connectivity index (χ2n) is 3.33. The molecule has 3 nitrogen and oxygen atoms in total. The number of hydrogen-bond donors (Lipinski definition) is 2. The van der Waals surface area contributed by atoms with Crippen molar-refractivity contribution in [1.29, 1.82) is 0 Å². The smallest absolute Gasteiger partial charge is 0.188 e. The van der Waals surface area contributed by atoms with E-state index < -0.39 is 0 Å². The zero-order valence-electron chi connectivity index (χ0n) is 8.43. The van der Waals surface area contributed by atoms with Gasteiger partial charge in [-0.25, -0.2) is 0 Å². The van der Waals surface area contributed by atoms with Gasteiger partial charge in [0.15, 0.2) is 5.96 Å². The molecule has 0 rings (SSSR count). The summed E-state index contributed by atoms with van der Waals surface area (Å²) in [5.74, 6) is 1.34. The fourth-order valence-corrected chi connectivity index (χ4v) is 0.936. The molecule has 0 radical (unpaired) electrons. The van der Waals surface area contributed by atoms with Crippen LogP contribution in [0.25, 0.3) is 0 Å². The van der Waals surface area contributed by atoms with Crippen molar-refractivity contribution in [3.8, 4) is 0 Å². The maximum absolute atomic E-state index is 5.54. The first-order valence-electron chi connectivity index (χ1n) is 4.70. The number of nitrogens with one attached hydrogen (secondary N) is 1. The molecule has 0 aromatic heterocycles. The third kappa shape index (κ3) is 7.38. The second kappa shape index (κ2) is 6.95. The predicted octanol–water partition coefficient (Wildman–Crippen LogP) is 1.35. The van der Waals surface area contributed by atoms with Gasteiger partial charge in [-0.2, -0.15) is 0 Å². The minimum Gasteiger partial charge on any atom is -0.370 e. The Balaban J connectivity index is 3.33.